The molecule has 0 aliphatic carbocycles. The molecule has 0 unspecified atom stereocenters. The van der Waals surface area contributed by atoms with Gasteiger partial charge in [-0.15, -0.1) is 0 Å². The van der Waals surface area contributed by atoms with Gasteiger partial charge in [0.1, 0.15) is 0 Å². The fraction of sp³-hybridized carbons (Fsp3) is 0.231. The molecular formula is C13H12BrNO3. The number of benzene rings is 1. The highest BCUT2D eigenvalue weighted by Crippen LogP contribution is 2.30. The minimum atomic E-state index is -1.04. The standard InChI is InChI=1S/C13H12BrNO3/c1-7(2)15-5-8(6-16)12-10(13(17)18)3-9(14)4-11(12)15/h3-7H,1-2H3,(H,17,18). The summed E-state index contributed by atoms with van der Waals surface area (Å²) < 4.78 is 2.58. The van der Waals surface area contributed by atoms with Gasteiger partial charge in [0.05, 0.1) is 11.1 Å². The van der Waals surface area contributed by atoms with Crippen LogP contribution in [0.2, 0.25) is 0 Å². The minimum absolute atomic E-state index is 0.140. The van der Waals surface area contributed by atoms with Crippen molar-refractivity contribution in [1.82, 2.24) is 4.57 Å². The molecular weight excluding hydrogens is 298 g/mol. The summed E-state index contributed by atoms with van der Waals surface area (Å²) in [6.45, 7) is 3.96. The number of carboxylic acid groups (broad SMARTS) is 1. The number of rotatable bonds is 3. The molecule has 1 heterocycles. The summed E-state index contributed by atoms with van der Waals surface area (Å²) in [7, 11) is 0. The highest BCUT2D eigenvalue weighted by Gasteiger charge is 2.18. The summed E-state index contributed by atoms with van der Waals surface area (Å²) >= 11 is 3.30. The van der Waals surface area contributed by atoms with E-state index in [-0.39, 0.29) is 11.6 Å². The van der Waals surface area contributed by atoms with E-state index < -0.39 is 5.97 Å². The molecule has 18 heavy (non-hydrogen) atoms. The van der Waals surface area contributed by atoms with Gasteiger partial charge in [-0.1, -0.05) is 15.9 Å². The lowest BCUT2D eigenvalue weighted by Crippen LogP contribution is -2.01. The van der Waals surface area contributed by atoms with E-state index in [0.29, 0.717) is 21.7 Å². The summed E-state index contributed by atoms with van der Waals surface area (Å²) in [6.07, 6.45) is 2.39. The third-order valence-corrected chi connectivity index (χ3v) is 3.30. The number of carboxylic acids is 1. The normalized spacial score (nSPS) is 11.1. The van der Waals surface area contributed by atoms with Crippen LogP contribution in [0, 0.1) is 0 Å². The van der Waals surface area contributed by atoms with E-state index in [1.165, 1.54) is 6.07 Å². The molecule has 0 spiro atoms. The predicted octanol–water partition coefficient (Wildman–Crippen LogP) is 3.50. The minimum Gasteiger partial charge on any atom is -0.478 e. The molecule has 2 rings (SSSR count). The lowest BCUT2D eigenvalue weighted by atomic mass is 10.1. The zero-order valence-corrected chi connectivity index (χ0v) is 11.6. The quantitative estimate of drug-likeness (QED) is 0.883. The third-order valence-electron chi connectivity index (χ3n) is 2.84. The Kier molecular flexibility index (Phi) is 3.26. The number of carbonyl (C=O) groups excluding carboxylic acids is 1. The molecule has 5 heteroatoms. The molecule has 0 fully saturated rings. The number of nitrogens with zero attached hydrogens (tertiary/aromatic N) is 1. The number of aldehydes is 1. The highest BCUT2D eigenvalue weighted by molar-refractivity contribution is 9.10. The van der Waals surface area contributed by atoms with Crippen LogP contribution in [0.1, 0.15) is 40.6 Å². The van der Waals surface area contributed by atoms with Crippen molar-refractivity contribution < 1.29 is 14.7 Å². The predicted molar refractivity (Wildman–Crippen MR) is 72.4 cm³/mol. The molecule has 0 bridgehead atoms. The maximum atomic E-state index is 11.3. The van der Waals surface area contributed by atoms with Crippen LogP contribution < -0.4 is 0 Å². The molecule has 1 aromatic carbocycles. The summed E-state index contributed by atoms with van der Waals surface area (Å²) in [5, 5.41) is 9.72. The Bertz CT molecular complexity index is 643. The largest absolute Gasteiger partial charge is 0.478 e. The van der Waals surface area contributed by atoms with Crippen LogP contribution in [-0.2, 0) is 0 Å². The van der Waals surface area contributed by atoms with Crippen molar-refractivity contribution in [2.75, 3.05) is 0 Å². The van der Waals surface area contributed by atoms with Crippen LogP contribution in [-0.4, -0.2) is 21.9 Å². The topological polar surface area (TPSA) is 59.3 Å². The average molecular weight is 310 g/mol. The van der Waals surface area contributed by atoms with Gasteiger partial charge in [0.25, 0.3) is 0 Å². The van der Waals surface area contributed by atoms with Gasteiger partial charge in [-0.05, 0) is 26.0 Å². The molecule has 0 saturated carbocycles. The van der Waals surface area contributed by atoms with E-state index in [0.717, 1.165) is 5.52 Å². The second kappa shape index (κ2) is 4.57. The smallest absolute Gasteiger partial charge is 0.336 e. The molecule has 2 aromatic rings. The highest BCUT2D eigenvalue weighted by atomic mass is 79.9. The Morgan fingerprint density at radius 3 is 2.61 bits per heavy atom. The van der Waals surface area contributed by atoms with Crippen LogP contribution >= 0.6 is 15.9 Å². The molecule has 0 radical (unpaired) electrons. The van der Waals surface area contributed by atoms with Crippen LogP contribution in [0.15, 0.2) is 22.8 Å². The molecule has 4 nitrogen and oxygen atoms in total. The van der Waals surface area contributed by atoms with E-state index in [1.807, 2.05) is 24.5 Å². The second-order valence-corrected chi connectivity index (χ2v) is 5.27. The summed E-state index contributed by atoms with van der Waals surface area (Å²) in [5.74, 6) is -1.04. The van der Waals surface area contributed by atoms with Gasteiger partial charge in [-0.3, -0.25) is 4.79 Å². The first-order chi connectivity index (χ1) is 8.45. The number of carbonyl (C=O) groups is 2. The number of aromatic carboxylic acids is 1. The van der Waals surface area contributed by atoms with Crippen molar-refractivity contribution in [3.63, 3.8) is 0 Å². The van der Waals surface area contributed by atoms with Gasteiger partial charge >= 0.3 is 5.97 Å². The van der Waals surface area contributed by atoms with E-state index in [9.17, 15) is 14.7 Å². The Hall–Kier alpha value is -1.62. The number of hydrogen-bond acceptors (Lipinski definition) is 2. The number of halogens is 1. The fourth-order valence-electron chi connectivity index (χ4n) is 2.07. The molecule has 1 aromatic heterocycles. The van der Waals surface area contributed by atoms with E-state index in [1.54, 1.807) is 6.20 Å². The van der Waals surface area contributed by atoms with Gasteiger partial charge < -0.3 is 9.67 Å². The van der Waals surface area contributed by atoms with E-state index in [4.69, 9.17) is 0 Å². The lowest BCUT2D eigenvalue weighted by molar-refractivity contribution is 0.0699. The average Bonchev–Trinajstić information content (AvgIpc) is 2.66. The number of aromatic nitrogens is 1. The van der Waals surface area contributed by atoms with Gasteiger partial charge in [0.2, 0.25) is 0 Å². The van der Waals surface area contributed by atoms with Gasteiger partial charge in [0.15, 0.2) is 6.29 Å². The SMILES string of the molecule is CC(C)n1cc(C=O)c2c(C(=O)O)cc(Br)cc21. The molecule has 0 atom stereocenters. The zero-order valence-electron chi connectivity index (χ0n) is 9.98. The Balaban J connectivity index is 2.95. The van der Waals surface area contributed by atoms with Crippen LogP contribution in [0.5, 0.6) is 0 Å². The Labute approximate surface area is 112 Å². The van der Waals surface area contributed by atoms with Crippen molar-refractivity contribution in [2.45, 2.75) is 19.9 Å². The fourth-order valence-corrected chi connectivity index (χ4v) is 2.51. The lowest BCUT2D eigenvalue weighted by Gasteiger charge is -2.09. The zero-order chi connectivity index (χ0) is 13.4. The molecule has 94 valence electrons. The Morgan fingerprint density at radius 1 is 1.44 bits per heavy atom. The molecule has 0 saturated heterocycles. The maximum absolute atomic E-state index is 11.3. The van der Waals surface area contributed by atoms with Crippen LogP contribution in [0.25, 0.3) is 10.9 Å². The van der Waals surface area contributed by atoms with E-state index in [2.05, 4.69) is 15.9 Å². The van der Waals surface area contributed by atoms with Crippen molar-refractivity contribution in [3.8, 4) is 0 Å². The van der Waals surface area contributed by atoms with Gasteiger partial charge in [-0.25, -0.2) is 4.79 Å². The second-order valence-electron chi connectivity index (χ2n) is 4.36. The third kappa shape index (κ3) is 1.95. The molecule has 0 aliphatic rings. The molecule has 1 N–H and O–H groups in total. The van der Waals surface area contributed by atoms with Crippen molar-refractivity contribution in [2.24, 2.45) is 0 Å². The summed E-state index contributed by atoms with van der Waals surface area (Å²) in [4.78, 5) is 22.4. The Morgan fingerprint density at radius 2 is 2.11 bits per heavy atom. The van der Waals surface area contributed by atoms with Gasteiger partial charge in [0, 0.05) is 27.7 Å². The van der Waals surface area contributed by atoms with Crippen molar-refractivity contribution in [3.05, 3.63) is 33.9 Å². The number of hydrogen-bond donors (Lipinski definition) is 1. The molecule has 0 aliphatic heterocycles. The van der Waals surface area contributed by atoms with E-state index >= 15 is 0 Å². The first-order valence-electron chi connectivity index (χ1n) is 5.48. The number of fused-ring (bicyclic) bond motifs is 1. The van der Waals surface area contributed by atoms with Crippen molar-refractivity contribution in [1.29, 1.82) is 0 Å². The van der Waals surface area contributed by atoms with Crippen molar-refractivity contribution >= 4 is 39.1 Å². The first kappa shape index (κ1) is 12.8. The summed E-state index contributed by atoms with van der Waals surface area (Å²) in [6, 6.07) is 3.49. The summed E-state index contributed by atoms with van der Waals surface area (Å²) in [5.41, 5.74) is 1.29. The van der Waals surface area contributed by atoms with Crippen LogP contribution in [0.4, 0.5) is 0 Å². The maximum Gasteiger partial charge on any atom is 0.336 e. The molecule has 0 amide bonds. The van der Waals surface area contributed by atoms with Crippen LogP contribution in [0.3, 0.4) is 0 Å². The van der Waals surface area contributed by atoms with Gasteiger partial charge in [-0.2, -0.15) is 0 Å². The first-order valence-corrected chi connectivity index (χ1v) is 6.27. The monoisotopic (exact) mass is 309 g/mol.